The second-order valence-electron chi connectivity index (χ2n) is 4.61. The number of aliphatic hydroxyl groups excluding tert-OH is 1. The third kappa shape index (κ3) is 2.85. The van der Waals surface area contributed by atoms with Crippen LogP contribution in [0.1, 0.15) is 5.82 Å². The fourth-order valence-electron chi connectivity index (χ4n) is 2.19. The van der Waals surface area contributed by atoms with Crippen molar-refractivity contribution in [3.63, 3.8) is 0 Å². The number of aromatic nitrogens is 2. The zero-order valence-electron chi connectivity index (χ0n) is 11.4. The highest BCUT2D eigenvalue weighted by molar-refractivity contribution is 7.17. The first-order chi connectivity index (χ1) is 10.2. The second kappa shape index (κ2) is 5.97. The van der Waals surface area contributed by atoms with E-state index in [9.17, 15) is 0 Å². The summed E-state index contributed by atoms with van der Waals surface area (Å²) in [5.74, 6) is 1.48. The van der Waals surface area contributed by atoms with Gasteiger partial charge >= 0.3 is 0 Å². The molecule has 0 spiro atoms. The second-order valence-corrected chi connectivity index (χ2v) is 5.90. The molecule has 0 radical (unpaired) electrons. The maximum Gasteiger partial charge on any atom is 0.139 e. The van der Waals surface area contributed by atoms with Crippen molar-refractivity contribution in [2.45, 2.75) is 6.92 Å². The number of aliphatic hydroxyl groups is 1. The summed E-state index contributed by atoms with van der Waals surface area (Å²) in [7, 11) is 0. The fraction of sp³-hybridized carbons (Fsp3) is 0.200. The highest BCUT2D eigenvalue weighted by Gasteiger charge is 2.14. The van der Waals surface area contributed by atoms with Crippen molar-refractivity contribution in [2.24, 2.45) is 0 Å². The molecule has 108 valence electrons. The molecule has 0 aliphatic rings. The summed E-state index contributed by atoms with van der Waals surface area (Å²) in [5, 5.41) is 16.0. The Hall–Kier alpha value is -1.69. The number of thiophene rings is 1. The SMILES string of the molecule is Cc1nc(NCCO)c2c(-c3ccc(Cl)cc3)csc2n1. The van der Waals surface area contributed by atoms with Gasteiger partial charge in [-0.05, 0) is 24.6 Å². The summed E-state index contributed by atoms with van der Waals surface area (Å²) in [5.41, 5.74) is 2.15. The molecule has 0 bridgehead atoms. The van der Waals surface area contributed by atoms with E-state index in [-0.39, 0.29) is 6.61 Å². The first-order valence-electron chi connectivity index (χ1n) is 6.55. The number of halogens is 1. The maximum absolute atomic E-state index is 9.02. The van der Waals surface area contributed by atoms with Crippen molar-refractivity contribution in [1.29, 1.82) is 0 Å². The zero-order chi connectivity index (χ0) is 14.8. The molecule has 4 nitrogen and oxygen atoms in total. The molecule has 0 aliphatic heterocycles. The van der Waals surface area contributed by atoms with Crippen LogP contribution in [0.5, 0.6) is 0 Å². The third-order valence-corrected chi connectivity index (χ3v) is 4.23. The number of aryl methyl sites for hydroxylation is 1. The van der Waals surface area contributed by atoms with E-state index in [0.29, 0.717) is 17.4 Å². The summed E-state index contributed by atoms with van der Waals surface area (Å²) in [6.07, 6.45) is 0. The Morgan fingerprint density at radius 1 is 1.24 bits per heavy atom. The third-order valence-electron chi connectivity index (χ3n) is 3.10. The van der Waals surface area contributed by atoms with Crippen molar-refractivity contribution < 1.29 is 5.11 Å². The highest BCUT2D eigenvalue weighted by atomic mass is 35.5. The number of hydrogen-bond acceptors (Lipinski definition) is 5. The van der Waals surface area contributed by atoms with Crippen LogP contribution < -0.4 is 5.32 Å². The minimum atomic E-state index is 0.0605. The van der Waals surface area contributed by atoms with Gasteiger partial charge in [-0.25, -0.2) is 9.97 Å². The molecule has 2 heterocycles. The van der Waals surface area contributed by atoms with E-state index in [1.807, 2.05) is 31.2 Å². The molecule has 0 fully saturated rings. The van der Waals surface area contributed by atoms with Crippen LogP contribution in [0.2, 0.25) is 5.02 Å². The standard InChI is InChI=1S/C15H14ClN3OS/c1-9-18-14(17-6-7-20)13-12(8-21-15(13)19-9)10-2-4-11(16)5-3-10/h2-5,8,20H,6-7H2,1H3,(H,17,18,19). The molecule has 21 heavy (non-hydrogen) atoms. The van der Waals surface area contributed by atoms with Gasteiger partial charge in [0.05, 0.1) is 12.0 Å². The van der Waals surface area contributed by atoms with Crippen LogP contribution in [0.3, 0.4) is 0 Å². The first kappa shape index (κ1) is 14.3. The lowest BCUT2D eigenvalue weighted by molar-refractivity contribution is 0.311. The summed E-state index contributed by atoms with van der Waals surface area (Å²) in [4.78, 5) is 9.89. The van der Waals surface area contributed by atoms with Gasteiger partial charge in [-0.15, -0.1) is 11.3 Å². The molecular formula is C15H14ClN3OS. The van der Waals surface area contributed by atoms with Crippen molar-refractivity contribution in [1.82, 2.24) is 9.97 Å². The van der Waals surface area contributed by atoms with Crippen LogP contribution in [0, 0.1) is 6.92 Å². The van der Waals surface area contributed by atoms with E-state index in [4.69, 9.17) is 16.7 Å². The highest BCUT2D eigenvalue weighted by Crippen LogP contribution is 2.37. The molecule has 0 saturated carbocycles. The largest absolute Gasteiger partial charge is 0.395 e. The predicted molar refractivity (Wildman–Crippen MR) is 88.2 cm³/mol. The average molecular weight is 320 g/mol. The van der Waals surface area contributed by atoms with Gasteiger partial charge in [-0.3, -0.25) is 0 Å². The van der Waals surface area contributed by atoms with E-state index in [1.165, 1.54) is 0 Å². The van der Waals surface area contributed by atoms with E-state index >= 15 is 0 Å². The summed E-state index contributed by atoms with van der Waals surface area (Å²) < 4.78 is 0. The summed E-state index contributed by atoms with van der Waals surface area (Å²) >= 11 is 7.54. The van der Waals surface area contributed by atoms with Gasteiger partial charge in [-0.1, -0.05) is 23.7 Å². The van der Waals surface area contributed by atoms with E-state index in [2.05, 4.69) is 20.7 Å². The Morgan fingerprint density at radius 2 is 2.00 bits per heavy atom. The molecule has 0 unspecified atom stereocenters. The number of fused-ring (bicyclic) bond motifs is 1. The van der Waals surface area contributed by atoms with Gasteiger partial charge in [0.15, 0.2) is 0 Å². The van der Waals surface area contributed by atoms with Gasteiger partial charge in [0.2, 0.25) is 0 Å². The number of nitrogens with one attached hydrogen (secondary N) is 1. The molecule has 6 heteroatoms. The van der Waals surface area contributed by atoms with E-state index in [1.54, 1.807) is 11.3 Å². The van der Waals surface area contributed by atoms with Crippen LogP contribution in [0.15, 0.2) is 29.6 Å². The van der Waals surface area contributed by atoms with Crippen molar-refractivity contribution in [3.8, 4) is 11.1 Å². The molecule has 3 rings (SSSR count). The molecule has 3 aromatic rings. The topological polar surface area (TPSA) is 58.0 Å². The molecule has 0 atom stereocenters. The lowest BCUT2D eigenvalue weighted by atomic mass is 10.1. The van der Waals surface area contributed by atoms with E-state index < -0.39 is 0 Å². The number of benzene rings is 1. The van der Waals surface area contributed by atoms with Crippen molar-refractivity contribution in [2.75, 3.05) is 18.5 Å². The molecule has 1 aromatic carbocycles. The molecule has 0 aliphatic carbocycles. The molecule has 0 amide bonds. The Bertz CT molecular complexity index is 770. The number of anilines is 1. The quantitative estimate of drug-likeness (QED) is 0.769. The minimum Gasteiger partial charge on any atom is -0.395 e. The minimum absolute atomic E-state index is 0.0605. The van der Waals surface area contributed by atoms with Gasteiger partial charge in [0.25, 0.3) is 0 Å². The van der Waals surface area contributed by atoms with Crippen LogP contribution in [-0.4, -0.2) is 28.2 Å². The number of rotatable bonds is 4. The van der Waals surface area contributed by atoms with Gasteiger partial charge in [0.1, 0.15) is 16.5 Å². The Morgan fingerprint density at radius 3 is 2.71 bits per heavy atom. The maximum atomic E-state index is 9.02. The lowest BCUT2D eigenvalue weighted by Gasteiger charge is -2.08. The van der Waals surface area contributed by atoms with Crippen molar-refractivity contribution in [3.05, 3.63) is 40.5 Å². The first-order valence-corrected chi connectivity index (χ1v) is 7.81. The average Bonchev–Trinajstić information content (AvgIpc) is 2.89. The molecule has 2 aromatic heterocycles. The lowest BCUT2D eigenvalue weighted by Crippen LogP contribution is -2.08. The smallest absolute Gasteiger partial charge is 0.139 e. The van der Waals surface area contributed by atoms with Crippen LogP contribution >= 0.6 is 22.9 Å². The van der Waals surface area contributed by atoms with Crippen LogP contribution in [-0.2, 0) is 0 Å². The Labute approximate surface area is 131 Å². The van der Waals surface area contributed by atoms with Crippen molar-refractivity contribution >= 4 is 39.0 Å². The fourth-order valence-corrected chi connectivity index (χ4v) is 3.31. The van der Waals surface area contributed by atoms with Gasteiger partial charge in [-0.2, -0.15) is 0 Å². The Balaban J connectivity index is 2.17. The monoisotopic (exact) mass is 319 g/mol. The van der Waals surface area contributed by atoms with E-state index in [0.717, 1.165) is 27.2 Å². The predicted octanol–water partition coefficient (Wildman–Crippen LogP) is 3.72. The zero-order valence-corrected chi connectivity index (χ0v) is 13.0. The van der Waals surface area contributed by atoms with Gasteiger partial charge < -0.3 is 10.4 Å². The molecule has 0 saturated heterocycles. The Kier molecular flexibility index (Phi) is 4.05. The molecular weight excluding hydrogens is 306 g/mol. The summed E-state index contributed by atoms with van der Waals surface area (Å²) in [6, 6.07) is 7.71. The van der Waals surface area contributed by atoms with Crippen LogP contribution in [0.25, 0.3) is 21.3 Å². The van der Waals surface area contributed by atoms with Crippen LogP contribution in [0.4, 0.5) is 5.82 Å². The molecule has 2 N–H and O–H groups in total. The summed E-state index contributed by atoms with van der Waals surface area (Å²) in [6.45, 7) is 2.39. The number of hydrogen-bond donors (Lipinski definition) is 2. The number of nitrogens with zero attached hydrogens (tertiary/aromatic N) is 2. The van der Waals surface area contributed by atoms with Gasteiger partial charge in [0, 0.05) is 22.5 Å². The normalized spacial score (nSPS) is 11.0.